The van der Waals surface area contributed by atoms with E-state index in [9.17, 15) is 23.8 Å². The SMILES string of the molecule is COCC(C)(C)c1c(C2CC(O)(C(=O)O)C2)c2cc3[nH]ncc3cc2n1-c1ccc(F)c(F)c1. The van der Waals surface area contributed by atoms with Crippen molar-refractivity contribution in [3.8, 4) is 5.69 Å². The molecule has 34 heavy (non-hydrogen) atoms. The van der Waals surface area contributed by atoms with Crippen LogP contribution in [0.3, 0.4) is 0 Å². The van der Waals surface area contributed by atoms with Crippen molar-refractivity contribution in [2.45, 2.75) is 43.6 Å². The Bertz CT molecular complexity index is 1430. The van der Waals surface area contributed by atoms with Crippen molar-refractivity contribution < 1.29 is 28.5 Å². The van der Waals surface area contributed by atoms with Crippen molar-refractivity contribution >= 4 is 27.8 Å². The summed E-state index contributed by atoms with van der Waals surface area (Å²) in [4.78, 5) is 11.6. The molecule has 1 saturated carbocycles. The molecule has 0 atom stereocenters. The zero-order chi connectivity index (χ0) is 24.4. The lowest BCUT2D eigenvalue weighted by atomic mass is 9.66. The Kier molecular flexibility index (Phi) is 5.03. The molecule has 2 heterocycles. The van der Waals surface area contributed by atoms with E-state index in [0.717, 1.165) is 45.2 Å². The average Bonchev–Trinajstić information content (AvgIpc) is 3.33. The third kappa shape index (κ3) is 3.30. The van der Waals surface area contributed by atoms with Gasteiger partial charge in [-0.3, -0.25) is 5.10 Å². The summed E-state index contributed by atoms with van der Waals surface area (Å²) in [5.41, 5.74) is 1.26. The number of ether oxygens (including phenoxy) is 1. The molecular weight excluding hydrogens is 444 g/mol. The number of nitrogens with one attached hydrogen (secondary N) is 1. The molecule has 0 unspecified atom stereocenters. The van der Waals surface area contributed by atoms with Crippen LogP contribution in [0.4, 0.5) is 8.78 Å². The second-order valence-corrected chi connectivity index (χ2v) is 9.78. The average molecular weight is 469 g/mol. The fourth-order valence-electron chi connectivity index (χ4n) is 5.28. The van der Waals surface area contributed by atoms with Crippen molar-refractivity contribution in [3.63, 3.8) is 0 Å². The summed E-state index contributed by atoms with van der Waals surface area (Å²) in [5, 5.41) is 28.7. The largest absolute Gasteiger partial charge is 0.479 e. The molecule has 1 fully saturated rings. The Labute approximate surface area is 194 Å². The number of aromatic nitrogens is 3. The first-order valence-electron chi connectivity index (χ1n) is 11.0. The van der Waals surface area contributed by atoms with E-state index in [4.69, 9.17) is 4.74 Å². The third-order valence-corrected chi connectivity index (χ3v) is 6.85. The maximum absolute atomic E-state index is 14.4. The fourth-order valence-corrected chi connectivity index (χ4v) is 5.28. The van der Waals surface area contributed by atoms with Crippen LogP contribution in [0.25, 0.3) is 27.5 Å². The second kappa shape index (κ2) is 7.61. The second-order valence-electron chi connectivity index (χ2n) is 9.78. The Balaban J connectivity index is 1.86. The highest BCUT2D eigenvalue weighted by atomic mass is 19.2. The molecule has 0 bridgehead atoms. The summed E-state index contributed by atoms with van der Waals surface area (Å²) in [6.07, 6.45) is 1.79. The molecule has 0 amide bonds. The summed E-state index contributed by atoms with van der Waals surface area (Å²) in [6, 6.07) is 7.62. The highest BCUT2D eigenvalue weighted by molar-refractivity contribution is 5.99. The van der Waals surface area contributed by atoms with Crippen molar-refractivity contribution in [3.05, 3.63) is 59.4 Å². The maximum atomic E-state index is 14.4. The van der Waals surface area contributed by atoms with Gasteiger partial charge < -0.3 is 19.5 Å². The summed E-state index contributed by atoms with van der Waals surface area (Å²) in [7, 11) is 1.59. The molecule has 2 aromatic carbocycles. The summed E-state index contributed by atoms with van der Waals surface area (Å²) in [5.74, 6) is -3.41. The molecule has 2 aromatic heterocycles. The monoisotopic (exact) mass is 469 g/mol. The van der Waals surface area contributed by atoms with E-state index in [1.165, 1.54) is 6.07 Å². The topological polar surface area (TPSA) is 100 Å². The summed E-state index contributed by atoms with van der Waals surface area (Å²) >= 11 is 0. The lowest BCUT2D eigenvalue weighted by molar-refractivity contribution is -0.169. The van der Waals surface area contributed by atoms with Gasteiger partial charge in [0.05, 0.1) is 23.8 Å². The molecular formula is C25H25F2N3O4. The van der Waals surface area contributed by atoms with Gasteiger partial charge in [-0.1, -0.05) is 13.8 Å². The number of rotatable bonds is 6. The van der Waals surface area contributed by atoms with Gasteiger partial charge in [-0.15, -0.1) is 0 Å². The first kappa shape index (κ1) is 22.5. The number of nitrogens with zero attached hydrogens (tertiary/aromatic N) is 2. The summed E-state index contributed by atoms with van der Waals surface area (Å²) in [6.45, 7) is 4.30. The highest BCUT2D eigenvalue weighted by Gasteiger charge is 2.51. The molecule has 178 valence electrons. The van der Waals surface area contributed by atoms with Gasteiger partial charge in [-0.05, 0) is 48.6 Å². The van der Waals surface area contributed by atoms with Gasteiger partial charge in [0.15, 0.2) is 17.2 Å². The van der Waals surface area contributed by atoms with Crippen molar-refractivity contribution in [1.82, 2.24) is 14.8 Å². The minimum absolute atomic E-state index is 0.0519. The number of aromatic amines is 1. The van der Waals surface area contributed by atoms with Crippen LogP contribution in [0.1, 0.15) is 43.9 Å². The Morgan fingerprint density at radius 3 is 2.65 bits per heavy atom. The van der Waals surface area contributed by atoms with Crippen LogP contribution in [-0.4, -0.2) is 50.3 Å². The van der Waals surface area contributed by atoms with E-state index in [-0.39, 0.29) is 18.8 Å². The molecule has 0 saturated heterocycles. The van der Waals surface area contributed by atoms with Crippen LogP contribution in [0.5, 0.6) is 0 Å². The molecule has 5 rings (SSSR count). The normalized spacial score (nSPS) is 20.7. The lowest BCUT2D eigenvalue weighted by Crippen LogP contribution is -2.49. The van der Waals surface area contributed by atoms with E-state index in [2.05, 4.69) is 10.2 Å². The van der Waals surface area contributed by atoms with Crippen LogP contribution in [-0.2, 0) is 14.9 Å². The fraction of sp³-hybridized carbons (Fsp3) is 0.360. The van der Waals surface area contributed by atoms with Crippen LogP contribution < -0.4 is 0 Å². The maximum Gasteiger partial charge on any atom is 0.335 e. The Morgan fingerprint density at radius 1 is 1.26 bits per heavy atom. The molecule has 3 N–H and O–H groups in total. The number of hydrogen-bond acceptors (Lipinski definition) is 4. The number of carbonyl (C=O) groups is 1. The number of H-pyrrole nitrogens is 1. The summed E-state index contributed by atoms with van der Waals surface area (Å²) < 4.78 is 35.6. The zero-order valence-corrected chi connectivity index (χ0v) is 19.0. The van der Waals surface area contributed by atoms with E-state index >= 15 is 0 Å². The number of methoxy groups -OCH3 is 1. The Hall–Kier alpha value is -3.30. The van der Waals surface area contributed by atoms with Gasteiger partial charge in [-0.2, -0.15) is 5.10 Å². The standard InChI is InChI=1S/C25H25F2N3O4/c1-24(2,12-34-3)22-21(14-9-25(33,10-14)23(31)32)16-8-19-13(11-28-29-19)6-20(16)30(22)15-4-5-17(26)18(27)7-15/h4-8,11,14,33H,9-10,12H2,1-3H3,(H,28,29)(H,31,32). The minimum Gasteiger partial charge on any atom is -0.479 e. The molecule has 0 spiro atoms. The lowest BCUT2D eigenvalue weighted by Gasteiger charge is -2.42. The van der Waals surface area contributed by atoms with E-state index in [0.29, 0.717) is 12.3 Å². The number of fused-ring (bicyclic) bond motifs is 2. The molecule has 0 radical (unpaired) electrons. The van der Waals surface area contributed by atoms with E-state index in [1.54, 1.807) is 13.3 Å². The highest BCUT2D eigenvalue weighted by Crippen LogP contribution is 2.52. The van der Waals surface area contributed by atoms with Crippen LogP contribution in [0.2, 0.25) is 0 Å². The first-order chi connectivity index (χ1) is 16.1. The minimum atomic E-state index is -1.79. The van der Waals surface area contributed by atoms with Gasteiger partial charge in [-0.25, -0.2) is 13.6 Å². The van der Waals surface area contributed by atoms with Crippen molar-refractivity contribution in [2.75, 3.05) is 13.7 Å². The zero-order valence-electron chi connectivity index (χ0n) is 19.0. The third-order valence-electron chi connectivity index (χ3n) is 6.85. The molecule has 7 nitrogen and oxygen atoms in total. The number of carboxylic acid groups (broad SMARTS) is 1. The van der Waals surface area contributed by atoms with E-state index < -0.39 is 28.6 Å². The molecule has 1 aliphatic carbocycles. The van der Waals surface area contributed by atoms with Crippen molar-refractivity contribution in [1.29, 1.82) is 0 Å². The number of halogens is 2. The number of carboxylic acids is 1. The molecule has 0 aliphatic heterocycles. The van der Waals surface area contributed by atoms with Crippen LogP contribution in [0.15, 0.2) is 36.5 Å². The number of hydrogen-bond donors (Lipinski definition) is 3. The molecule has 4 aromatic rings. The molecule has 1 aliphatic rings. The Morgan fingerprint density at radius 2 is 2.00 bits per heavy atom. The number of aliphatic carboxylic acids is 1. The van der Waals surface area contributed by atoms with Crippen LogP contribution in [0, 0.1) is 11.6 Å². The smallest absolute Gasteiger partial charge is 0.335 e. The van der Waals surface area contributed by atoms with Crippen molar-refractivity contribution in [2.24, 2.45) is 0 Å². The van der Waals surface area contributed by atoms with E-state index in [1.807, 2.05) is 30.5 Å². The van der Waals surface area contributed by atoms with Gasteiger partial charge >= 0.3 is 5.97 Å². The van der Waals surface area contributed by atoms with Gasteiger partial charge in [0.25, 0.3) is 0 Å². The number of benzene rings is 2. The quantitative estimate of drug-likeness (QED) is 0.389. The molecule has 9 heteroatoms. The predicted octanol–water partition coefficient (Wildman–Crippen LogP) is 4.40. The van der Waals surface area contributed by atoms with Crippen LogP contribution >= 0.6 is 0 Å². The van der Waals surface area contributed by atoms with Gasteiger partial charge in [0, 0.05) is 40.7 Å². The predicted molar refractivity (Wildman–Crippen MR) is 122 cm³/mol. The van der Waals surface area contributed by atoms with Gasteiger partial charge in [0.1, 0.15) is 0 Å². The first-order valence-corrected chi connectivity index (χ1v) is 11.0. The van der Waals surface area contributed by atoms with Gasteiger partial charge in [0.2, 0.25) is 0 Å². The number of aliphatic hydroxyl groups is 1.